The maximum atomic E-state index is 13.3. The molecule has 5 nitrogen and oxygen atoms in total. The lowest BCUT2D eigenvalue weighted by Crippen LogP contribution is -2.55. The smallest absolute Gasteiger partial charge is 0.377 e. The van der Waals surface area contributed by atoms with Gasteiger partial charge in [-0.25, -0.2) is 13.1 Å². The first kappa shape index (κ1) is 22.5. The molecule has 2 N–H and O–H groups in total. The maximum Gasteiger partial charge on any atom is 0.416 e. The minimum Gasteiger partial charge on any atom is -0.377 e. The van der Waals surface area contributed by atoms with Crippen molar-refractivity contribution >= 4 is 10.0 Å². The van der Waals surface area contributed by atoms with Gasteiger partial charge in [-0.2, -0.15) is 13.2 Å². The van der Waals surface area contributed by atoms with Gasteiger partial charge in [0.05, 0.1) is 24.5 Å². The molecule has 1 aliphatic carbocycles. The first-order valence-corrected chi connectivity index (χ1v) is 12.0. The summed E-state index contributed by atoms with van der Waals surface area (Å²) in [4.78, 5) is 0. The van der Waals surface area contributed by atoms with Crippen LogP contribution in [0.5, 0.6) is 0 Å². The summed E-state index contributed by atoms with van der Waals surface area (Å²) < 4.78 is 71.7. The van der Waals surface area contributed by atoms with Gasteiger partial charge in [0.15, 0.2) is 0 Å². The molecule has 3 rings (SSSR count). The lowest BCUT2D eigenvalue weighted by molar-refractivity contribution is -0.138. The zero-order chi connectivity index (χ0) is 21.1. The van der Waals surface area contributed by atoms with E-state index < -0.39 is 21.8 Å². The van der Waals surface area contributed by atoms with Crippen molar-refractivity contribution in [2.24, 2.45) is 0 Å². The maximum absolute atomic E-state index is 13.3. The second-order valence-electron chi connectivity index (χ2n) is 8.09. The van der Waals surface area contributed by atoms with Gasteiger partial charge in [0.25, 0.3) is 0 Å². The normalized spacial score (nSPS) is 29.0. The van der Waals surface area contributed by atoms with E-state index >= 15 is 0 Å². The van der Waals surface area contributed by atoms with Crippen molar-refractivity contribution in [3.05, 3.63) is 35.4 Å². The van der Waals surface area contributed by atoms with Gasteiger partial charge in [-0.05, 0) is 62.6 Å². The molecule has 1 aromatic carbocycles. The number of sulfonamides is 1. The van der Waals surface area contributed by atoms with E-state index in [9.17, 15) is 21.6 Å². The number of hydrogen-bond acceptors (Lipinski definition) is 4. The molecule has 2 fully saturated rings. The van der Waals surface area contributed by atoms with Crippen molar-refractivity contribution in [1.29, 1.82) is 0 Å². The Kier molecular flexibility index (Phi) is 7.24. The summed E-state index contributed by atoms with van der Waals surface area (Å²) in [5, 5.41) is 3.31. The van der Waals surface area contributed by atoms with Crippen molar-refractivity contribution in [3.8, 4) is 0 Å². The Morgan fingerprint density at radius 1 is 1.14 bits per heavy atom. The molecule has 0 radical (unpaired) electrons. The number of ether oxygens (including phenoxy) is 1. The third kappa shape index (κ3) is 6.41. The van der Waals surface area contributed by atoms with Crippen LogP contribution in [0.3, 0.4) is 0 Å². The summed E-state index contributed by atoms with van der Waals surface area (Å²) in [6.07, 6.45) is 1.18. The van der Waals surface area contributed by atoms with Crippen LogP contribution < -0.4 is 10.0 Å². The fourth-order valence-corrected chi connectivity index (χ4v) is 5.27. The molecule has 0 amide bonds. The Hall–Kier alpha value is -1.16. The van der Waals surface area contributed by atoms with E-state index in [-0.39, 0.29) is 24.1 Å². The Morgan fingerprint density at radius 2 is 1.83 bits per heavy atom. The first-order chi connectivity index (χ1) is 13.6. The molecule has 1 heterocycles. The van der Waals surface area contributed by atoms with Crippen molar-refractivity contribution in [1.82, 2.24) is 10.0 Å². The average molecular weight is 435 g/mol. The number of halogens is 3. The highest BCUT2D eigenvalue weighted by molar-refractivity contribution is 7.88. The van der Waals surface area contributed by atoms with Crippen molar-refractivity contribution in [2.75, 3.05) is 19.4 Å². The first-order valence-electron chi connectivity index (χ1n) is 10.1. The fourth-order valence-electron chi connectivity index (χ4n) is 4.44. The van der Waals surface area contributed by atoms with Crippen LogP contribution in [0.2, 0.25) is 0 Å². The molecule has 0 spiro atoms. The van der Waals surface area contributed by atoms with Gasteiger partial charge in [-0.3, -0.25) is 0 Å². The standard InChI is InChI=1S/C20H29F3N2O3S/c1-29(26,27)25-18-7-4-12-24-19(18)13-28-15-10-8-14(9-11-15)16-5-2-3-6-17(16)20(21,22)23/h2-3,5-6,14-15,18-19,24-25H,4,7-13H2,1H3/t14?,15?,18-,19-/m0/s1. The molecule has 1 saturated heterocycles. The largest absolute Gasteiger partial charge is 0.416 e. The molecule has 2 aliphatic rings. The molecule has 1 saturated carbocycles. The van der Waals surface area contributed by atoms with Crippen LogP contribution in [-0.4, -0.2) is 46.0 Å². The summed E-state index contributed by atoms with van der Waals surface area (Å²) in [6, 6.07) is 5.54. The van der Waals surface area contributed by atoms with Crippen LogP contribution >= 0.6 is 0 Å². The predicted octanol–water partition coefficient (Wildman–Crippen LogP) is 3.42. The van der Waals surface area contributed by atoms with E-state index in [1.165, 1.54) is 6.07 Å². The zero-order valence-corrected chi connectivity index (χ0v) is 17.4. The third-order valence-electron chi connectivity index (χ3n) is 5.84. The van der Waals surface area contributed by atoms with Gasteiger partial charge in [0.1, 0.15) is 0 Å². The Balaban J connectivity index is 1.53. The van der Waals surface area contributed by atoms with E-state index in [0.29, 0.717) is 37.9 Å². The molecule has 29 heavy (non-hydrogen) atoms. The number of hydrogen-bond donors (Lipinski definition) is 2. The van der Waals surface area contributed by atoms with Gasteiger partial charge in [0.2, 0.25) is 10.0 Å². The minimum absolute atomic E-state index is 0.00749. The molecular weight excluding hydrogens is 405 g/mol. The number of alkyl halides is 3. The van der Waals surface area contributed by atoms with Crippen LogP contribution in [-0.2, 0) is 20.9 Å². The van der Waals surface area contributed by atoms with Crippen molar-refractivity contribution in [2.45, 2.75) is 68.8 Å². The predicted molar refractivity (Wildman–Crippen MR) is 105 cm³/mol. The molecular formula is C20H29F3N2O3S. The highest BCUT2D eigenvalue weighted by atomic mass is 32.2. The lowest BCUT2D eigenvalue weighted by atomic mass is 9.81. The SMILES string of the molecule is CS(=O)(=O)N[C@H]1CCCN[C@H]1COC1CCC(c2ccccc2C(F)(F)F)CC1. The highest BCUT2D eigenvalue weighted by Gasteiger charge is 2.36. The van der Waals surface area contributed by atoms with Crippen LogP contribution in [0.4, 0.5) is 13.2 Å². The second kappa shape index (κ2) is 9.32. The monoisotopic (exact) mass is 434 g/mol. The van der Waals surface area contributed by atoms with Gasteiger partial charge in [-0.15, -0.1) is 0 Å². The molecule has 0 bridgehead atoms. The van der Waals surface area contributed by atoms with Crippen LogP contribution in [0, 0.1) is 0 Å². The average Bonchev–Trinajstić information content (AvgIpc) is 2.66. The molecule has 164 valence electrons. The van der Waals surface area contributed by atoms with Crippen LogP contribution in [0.15, 0.2) is 24.3 Å². The van der Waals surface area contributed by atoms with Crippen molar-refractivity contribution in [3.63, 3.8) is 0 Å². The Labute approximate surface area is 170 Å². The third-order valence-corrected chi connectivity index (χ3v) is 6.57. The molecule has 2 atom stereocenters. The summed E-state index contributed by atoms with van der Waals surface area (Å²) in [7, 11) is -3.29. The molecule has 0 aromatic heterocycles. The topological polar surface area (TPSA) is 67.4 Å². The second-order valence-corrected chi connectivity index (χ2v) is 9.87. The van der Waals surface area contributed by atoms with E-state index in [1.54, 1.807) is 12.1 Å². The molecule has 0 unspecified atom stereocenters. The van der Waals surface area contributed by atoms with Gasteiger partial charge < -0.3 is 10.1 Å². The number of piperidine rings is 1. The van der Waals surface area contributed by atoms with Gasteiger partial charge >= 0.3 is 6.18 Å². The van der Waals surface area contributed by atoms with E-state index in [0.717, 1.165) is 31.7 Å². The van der Waals surface area contributed by atoms with Crippen molar-refractivity contribution < 1.29 is 26.3 Å². The van der Waals surface area contributed by atoms with Crippen LogP contribution in [0.25, 0.3) is 0 Å². The van der Waals surface area contributed by atoms with E-state index in [4.69, 9.17) is 4.74 Å². The zero-order valence-electron chi connectivity index (χ0n) is 16.5. The minimum atomic E-state index is -4.34. The summed E-state index contributed by atoms with van der Waals surface area (Å²) in [5.74, 6) is -0.111. The number of benzene rings is 1. The van der Waals surface area contributed by atoms with Gasteiger partial charge in [-0.1, -0.05) is 18.2 Å². The Morgan fingerprint density at radius 3 is 2.48 bits per heavy atom. The molecule has 1 aliphatic heterocycles. The summed E-state index contributed by atoms with van der Waals surface area (Å²) >= 11 is 0. The number of nitrogens with one attached hydrogen (secondary N) is 2. The Bertz CT molecular complexity index is 777. The summed E-state index contributed by atoms with van der Waals surface area (Å²) in [5.41, 5.74) is -0.157. The lowest BCUT2D eigenvalue weighted by Gasteiger charge is -2.35. The summed E-state index contributed by atoms with van der Waals surface area (Å²) in [6.45, 7) is 1.21. The van der Waals surface area contributed by atoms with E-state index in [2.05, 4.69) is 10.0 Å². The highest BCUT2D eigenvalue weighted by Crippen LogP contribution is 2.41. The molecule has 1 aromatic rings. The van der Waals surface area contributed by atoms with Gasteiger partial charge in [0, 0.05) is 12.1 Å². The van der Waals surface area contributed by atoms with E-state index in [1.807, 2.05) is 0 Å². The molecule has 9 heteroatoms. The quantitative estimate of drug-likeness (QED) is 0.720. The number of rotatable bonds is 6. The fraction of sp³-hybridized carbons (Fsp3) is 0.700. The van der Waals surface area contributed by atoms with Crippen LogP contribution in [0.1, 0.15) is 55.6 Å².